The van der Waals surface area contributed by atoms with Gasteiger partial charge in [0.05, 0.1) is 23.2 Å². The summed E-state index contributed by atoms with van der Waals surface area (Å²) < 4.78 is 10.7. The number of esters is 1. The molecule has 3 rings (SSSR count). The number of furan rings is 1. The van der Waals surface area contributed by atoms with Gasteiger partial charge in [-0.25, -0.2) is 0 Å². The van der Waals surface area contributed by atoms with Gasteiger partial charge in [0.2, 0.25) is 0 Å². The van der Waals surface area contributed by atoms with E-state index in [2.05, 4.69) is 0 Å². The predicted molar refractivity (Wildman–Crippen MR) is 92.3 cm³/mol. The van der Waals surface area contributed by atoms with E-state index in [4.69, 9.17) is 9.15 Å². The summed E-state index contributed by atoms with van der Waals surface area (Å²) in [7, 11) is 0. The minimum absolute atomic E-state index is 0.0517. The van der Waals surface area contributed by atoms with Crippen molar-refractivity contribution in [2.45, 2.75) is 26.9 Å². The molecule has 0 N–H and O–H groups in total. The van der Waals surface area contributed by atoms with E-state index in [-0.39, 0.29) is 18.7 Å². The van der Waals surface area contributed by atoms with Gasteiger partial charge in [-0.1, -0.05) is 12.1 Å². The van der Waals surface area contributed by atoms with Crippen LogP contribution in [0.4, 0.5) is 5.69 Å². The van der Waals surface area contributed by atoms with Crippen LogP contribution in [0.5, 0.6) is 0 Å². The monoisotopic (exact) mass is 339 g/mol. The second-order valence-corrected chi connectivity index (χ2v) is 5.92. The van der Waals surface area contributed by atoms with Crippen molar-refractivity contribution in [1.29, 1.82) is 0 Å². The van der Waals surface area contributed by atoms with E-state index in [9.17, 15) is 14.9 Å². The number of ether oxygens (including phenoxy) is 1. The van der Waals surface area contributed by atoms with Crippen molar-refractivity contribution in [2.24, 2.45) is 0 Å². The van der Waals surface area contributed by atoms with Crippen molar-refractivity contribution in [3.05, 3.63) is 75.0 Å². The first-order valence-corrected chi connectivity index (χ1v) is 7.81. The Hall–Kier alpha value is -3.15. The number of aryl methyl sites for hydroxylation is 2. The molecule has 0 saturated carbocycles. The van der Waals surface area contributed by atoms with Crippen molar-refractivity contribution in [2.75, 3.05) is 0 Å². The van der Waals surface area contributed by atoms with Crippen molar-refractivity contribution < 1.29 is 18.9 Å². The Bertz CT molecular complexity index is 958. The topological polar surface area (TPSA) is 82.6 Å². The normalized spacial score (nSPS) is 10.8. The fourth-order valence-electron chi connectivity index (χ4n) is 2.65. The third-order valence-electron chi connectivity index (χ3n) is 4.18. The second kappa shape index (κ2) is 6.76. The maximum atomic E-state index is 12.1. The number of benzene rings is 2. The molecule has 0 bridgehead atoms. The number of fused-ring (bicyclic) bond motifs is 1. The third kappa shape index (κ3) is 3.52. The van der Waals surface area contributed by atoms with Crippen molar-refractivity contribution in [1.82, 2.24) is 0 Å². The molecule has 128 valence electrons. The van der Waals surface area contributed by atoms with Crippen molar-refractivity contribution >= 4 is 22.6 Å². The number of nitrogens with zero attached hydrogens (tertiary/aromatic N) is 1. The second-order valence-electron chi connectivity index (χ2n) is 5.92. The summed E-state index contributed by atoms with van der Waals surface area (Å²) in [6.45, 7) is 3.86. The van der Waals surface area contributed by atoms with Gasteiger partial charge in [0, 0.05) is 17.0 Å². The van der Waals surface area contributed by atoms with E-state index in [0.29, 0.717) is 5.56 Å². The number of rotatable bonds is 5. The number of nitro benzene ring substituents is 1. The van der Waals surface area contributed by atoms with E-state index in [1.807, 2.05) is 26.0 Å². The lowest BCUT2D eigenvalue weighted by molar-refractivity contribution is -0.385. The molecular weight excluding hydrogens is 322 g/mol. The van der Waals surface area contributed by atoms with Crippen LogP contribution in [0.15, 0.2) is 47.1 Å². The van der Waals surface area contributed by atoms with E-state index < -0.39 is 10.9 Å². The Balaban J connectivity index is 1.72. The van der Waals surface area contributed by atoms with Crippen LogP contribution >= 0.6 is 0 Å². The molecule has 0 spiro atoms. The molecule has 0 saturated heterocycles. The van der Waals surface area contributed by atoms with E-state index >= 15 is 0 Å². The highest BCUT2D eigenvalue weighted by atomic mass is 16.6. The zero-order valence-electron chi connectivity index (χ0n) is 13.9. The standard InChI is InChI=1S/C19H17NO5/c1-12-7-16-15(11-24-18(16)8-13(12)2)9-19(21)25-10-14-5-3-4-6-17(14)20(22)23/h3-8,11H,9-10H2,1-2H3. The molecule has 3 aromatic rings. The van der Waals surface area contributed by atoms with Crippen molar-refractivity contribution in [3.8, 4) is 0 Å². The van der Waals surface area contributed by atoms with Crippen LogP contribution in [0, 0.1) is 24.0 Å². The lowest BCUT2D eigenvalue weighted by Crippen LogP contribution is -2.08. The SMILES string of the molecule is Cc1cc2occ(CC(=O)OCc3ccccc3[N+](=O)[O-])c2cc1C. The smallest absolute Gasteiger partial charge is 0.310 e. The fraction of sp³-hybridized carbons (Fsp3) is 0.211. The van der Waals surface area contributed by atoms with Crippen molar-refractivity contribution in [3.63, 3.8) is 0 Å². The summed E-state index contributed by atoms with van der Waals surface area (Å²) >= 11 is 0. The molecule has 0 radical (unpaired) electrons. The molecule has 6 nitrogen and oxygen atoms in total. The van der Waals surface area contributed by atoms with Gasteiger partial charge in [0.15, 0.2) is 0 Å². The van der Waals surface area contributed by atoms with Crippen LogP contribution in [0.3, 0.4) is 0 Å². The Morgan fingerprint density at radius 2 is 1.88 bits per heavy atom. The number of carbonyl (C=O) groups is 1. The van der Waals surface area contributed by atoms with Crippen LogP contribution in [0.1, 0.15) is 22.3 Å². The van der Waals surface area contributed by atoms with Crippen LogP contribution in [0.2, 0.25) is 0 Å². The van der Waals surface area contributed by atoms with Gasteiger partial charge in [-0.3, -0.25) is 14.9 Å². The minimum Gasteiger partial charge on any atom is -0.464 e. The number of hydrogen-bond acceptors (Lipinski definition) is 5. The van der Waals surface area contributed by atoms with E-state index in [1.54, 1.807) is 24.5 Å². The fourth-order valence-corrected chi connectivity index (χ4v) is 2.65. The Kier molecular flexibility index (Phi) is 4.52. The highest BCUT2D eigenvalue weighted by molar-refractivity contribution is 5.86. The average molecular weight is 339 g/mol. The van der Waals surface area contributed by atoms with E-state index in [1.165, 1.54) is 6.07 Å². The zero-order valence-corrected chi connectivity index (χ0v) is 13.9. The Morgan fingerprint density at radius 1 is 1.16 bits per heavy atom. The lowest BCUT2D eigenvalue weighted by atomic mass is 10.0. The quantitative estimate of drug-likeness (QED) is 0.394. The van der Waals surface area contributed by atoms with Gasteiger partial charge < -0.3 is 9.15 Å². The van der Waals surface area contributed by atoms with Gasteiger partial charge in [0.1, 0.15) is 12.2 Å². The Labute approximate surface area is 144 Å². The largest absolute Gasteiger partial charge is 0.464 e. The number of para-hydroxylation sites is 1. The number of hydrogen-bond donors (Lipinski definition) is 0. The minimum atomic E-state index is -0.488. The molecule has 6 heteroatoms. The summed E-state index contributed by atoms with van der Waals surface area (Å²) in [6, 6.07) is 10.1. The number of nitro groups is 1. The predicted octanol–water partition coefficient (Wildman–Crippen LogP) is 4.24. The summed E-state index contributed by atoms with van der Waals surface area (Å²) in [5, 5.41) is 11.9. The molecule has 0 aliphatic heterocycles. The summed E-state index contributed by atoms with van der Waals surface area (Å²) in [4.78, 5) is 22.6. The van der Waals surface area contributed by atoms with Gasteiger partial charge >= 0.3 is 5.97 Å². The molecule has 0 fully saturated rings. The Morgan fingerprint density at radius 3 is 2.64 bits per heavy atom. The van der Waals surface area contributed by atoms with Crippen LogP contribution < -0.4 is 0 Å². The first-order valence-electron chi connectivity index (χ1n) is 7.81. The van der Waals surface area contributed by atoms with Gasteiger partial charge in [-0.15, -0.1) is 0 Å². The third-order valence-corrected chi connectivity index (χ3v) is 4.18. The molecule has 1 aromatic heterocycles. The number of carbonyl (C=O) groups excluding carboxylic acids is 1. The molecular formula is C19H17NO5. The summed E-state index contributed by atoms with van der Waals surface area (Å²) in [5.74, 6) is -0.459. The highest BCUT2D eigenvalue weighted by Crippen LogP contribution is 2.25. The molecule has 2 aromatic carbocycles. The molecule has 25 heavy (non-hydrogen) atoms. The zero-order chi connectivity index (χ0) is 18.0. The van der Waals surface area contributed by atoms with Crippen LogP contribution in [-0.2, 0) is 22.6 Å². The lowest BCUT2D eigenvalue weighted by Gasteiger charge is -2.05. The molecule has 1 heterocycles. The molecule has 0 aliphatic rings. The van der Waals surface area contributed by atoms with Crippen LogP contribution in [0.25, 0.3) is 11.0 Å². The van der Waals surface area contributed by atoms with Crippen LogP contribution in [-0.4, -0.2) is 10.9 Å². The summed E-state index contributed by atoms with van der Waals surface area (Å²) in [5.41, 5.74) is 4.01. The molecule has 0 unspecified atom stereocenters. The molecule has 0 atom stereocenters. The van der Waals surface area contributed by atoms with Gasteiger partial charge in [0.25, 0.3) is 5.69 Å². The van der Waals surface area contributed by atoms with E-state index in [0.717, 1.165) is 27.7 Å². The first-order chi connectivity index (χ1) is 12.0. The van der Waals surface area contributed by atoms with Gasteiger partial charge in [-0.05, 0) is 43.2 Å². The molecule has 0 aliphatic carbocycles. The maximum absolute atomic E-state index is 12.1. The average Bonchev–Trinajstić information content (AvgIpc) is 2.95. The highest BCUT2D eigenvalue weighted by Gasteiger charge is 2.16. The van der Waals surface area contributed by atoms with Gasteiger partial charge in [-0.2, -0.15) is 0 Å². The summed E-state index contributed by atoms with van der Waals surface area (Å²) in [6.07, 6.45) is 1.60. The molecule has 0 amide bonds. The maximum Gasteiger partial charge on any atom is 0.310 e. The first kappa shape index (κ1) is 16.7.